The molecule has 0 radical (unpaired) electrons. The third kappa shape index (κ3) is 6.97. The summed E-state index contributed by atoms with van der Waals surface area (Å²) in [6.07, 6.45) is 5.25. The first-order chi connectivity index (χ1) is 12.1. The molecule has 0 aliphatic carbocycles. The first kappa shape index (κ1) is 19.6. The van der Waals surface area contributed by atoms with Crippen LogP contribution in [0.1, 0.15) is 43.4 Å². The zero-order valence-corrected chi connectivity index (χ0v) is 16.1. The van der Waals surface area contributed by atoms with Crippen LogP contribution in [0.2, 0.25) is 0 Å². The van der Waals surface area contributed by atoms with Crippen LogP contribution in [0.3, 0.4) is 0 Å². The Balaban J connectivity index is 2.06. The van der Waals surface area contributed by atoms with Crippen molar-refractivity contribution in [3.05, 3.63) is 77.9 Å². The van der Waals surface area contributed by atoms with E-state index >= 15 is 0 Å². The van der Waals surface area contributed by atoms with E-state index in [1.165, 1.54) is 16.7 Å². The second-order valence-electron chi connectivity index (χ2n) is 6.42. The number of aryl methyl sites for hydroxylation is 1. The van der Waals surface area contributed by atoms with E-state index in [0.29, 0.717) is 11.0 Å². The largest absolute Gasteiger partial charge is 0.508 e. The van der Waals surface area contributed by atoms with Gasteiger partial charge in [0.2, 0.25) is 0 Å². The van der Waals surface area contributed by atoms with Crippen LogP contribution in [-0.4, -0.2) is 14.7 Å². The van der Waals surface area contributed by atoms with Crippen LogP contribution in [0.5, 0.6) is 5.75 Å². The molecule has 0 heterocycles. The number of phenols is 1. The highest BCUT2D eigenvalue weighted by atomic mass is 32.2. The fourth-order valence-electron chi connectivity index (χ4n) is 2.68. The first-order valence-electron chi connectivity index (χ1n) is 8.99. The lowest BCUT2D eigenvalue weighted by Crippen LogP contribution is -2.18. The number of rotatable bonds is 10. The second kappa shape index (κ2) is 10.3. The highest BCUT2D eigenvalue weighted by molar-refractivity contribution is 7.97. The van der Waals surface area contributed by atoms with E-state index in [-0.39, 0.29) is 0 Å². The van der Waals surface area contributed by atoms with Gasteiger partial charge in [-0.3, -0.25) is 0 Å². The molecule has 2 aromatic carbocycles. The lowest BCUT2D eigenvalue weighted by molar-refractivity contribution is 0.455. The summed E-state index contributed by atoms with van der Waals surface area (Å²) in [5, 5.41) is 10.0. The van der Waals surface area contributed by atoms with Gasteiger partial charge in [-0.1, -0.05) is 68.3 Å². The van der Waals surface area contributed by atoms with Crippen molar-refractivity contribution in [1.82, 2.24) is 4.31 Å². The van der Waals surface area contributed by atoms with Crippen LogP contribution < -0.4 is 0 Å². The molecule has 0 fully saturated rings. The highest BCUT2D eigenvalue weighted by Crippen LogP contribution is 2.26. The maximum atomic E-state index is 9.49. The van der Waals surface area contributed by atoms with Crippen LogP contribution in [-0.2, 0) is 19.5 Å². The zero-order valence-electron chi connectivity index (χ0n) is 15.3. The number of hydrogen-bond acceptors (Lipinski definition) is 3. The smallest absolute Gasteiger partial charge is 0.115 e. The Hall–Kier alpha value is -1.71. The van der Waals surface area contributed by atoms with Gasteiger partial charge in [0.15, 0.2) is 0 Å². The molecule has 1 N–H and O–H groups in total. The van der Waals surface area contributed by atoms with E-state index in [1.807, 2.05) is 30.2 Å². The van der Waals surface area contributed by atoms with E-state index in [0.717, 1.165) is 32.4 Å². The van der Waals surface area contributed by atoms with Gasteiger partial charge < -0.3 is 5.11 Å². The molecule has 25 heavy (non-hydrogen) atoms. The highest BCUT2D eigenvalue weighted by Gasteiger charge is 2.13. The number of benzene rings is 2. The van der Waals surface area contributed by atoms with Gasteiger partial charge in [0.05, 0.1) is 0 Å². The molecule has 0 aromatic heterocycles. The lowest BCUT2D eigenvalue weighted by Gasteiger charge is -2.25. The number of phenolic OH excluding ortho intramolecular Hbond substituents is 1. The molecule has 134 valence electrons. The molecular formula is C22H29NOS. The number of aromatic hydroxyl groups is 1. The van der Waals surface area contributed by atoms with Gasteiger partial charge in [0, 0.05) is 18.3 Å². The van der Waals surface area contributed by atoms with Gasteiger partial charge in [-0.25, -0.2) is 4.31 Å². The normalized spacial score (nSPS) is 12.3. The van der Waals surface area contributed by atoms with Crippen LogP contribution in [0.25, 0.3) is 0 Å². The summed E-state index contributed by atoms with van der Waals surface area (Å²) in [6, 6.07) is 16.4. The summed E-state index contributed by atoms with van der Waals surface area (Å²) in [4.78, 5) is 0. The van der Waals surface area contributed by atoms with Crippen molar-refractivity contribution >= 4 is 11.9 Å². The molecule has 0 aliphatic rings. The Morgan fingerprint density at radius 2 is 1.52 bits per heavy atom. The minimum Gasteiger partial charge on any atom is -0.508 e. The summed E-state index contributed by atoms with van der Waals surface area (Å²) in [5.41, 5.74) is 3.92. The summed E-state index contributed by atoms with van der Waals surface area (Å²) < 4.78 is 2.42. The molecule has 0 saturated carbocycles. The molecule has 1 atom stereocenters. The monoisotopic (exact) mass is 355 g/mol. The number of nitrogens with zero attached hydrogens (tertiary/aromatic N) is 1. The van der Waals surface area contributed by atoms with Crippen molar-refractivity contribution in [2.75, 3.05) is 0 Å². The number of allylic oxidation sites excluding steroid dienone is 1. The SMILES string of the molecule is C=CCCC(C)SN(Cc1ccc(O)cc1)Cc1ccc(CC)cc1. The Morgan fingerprint density at radius 3 is 2.04 bits per heavy atom. The molecule has 2 aromatic rings. The van der Waals surface area contributed by atoms with Crippen LogP contribution >= 0.6 is 11.9 Å². The predicted octanol–water partition coefficient (Wildman–Crippen LogP) is 5.96. The maximum Gasteiger partial charge on any atom is 0.115 e. The Morgan fingerprint density at radius 1 is 1.00 bits per heavy atom. The van der Waals surface area contributed by atoms with E-state index in [4.69, 9.17) is 0 Å². The third-order valence-corrected chi connectivity index (χ3v) is 5.34. The topological polar surface area (TPSA) is 23.5 Å². The second-order valence-corrected chi connectivity index (χ2v) is 7.95. The number of hydrogen-bond donors (Lipinski definition) is 1. The van der Waals surface area contributed by atoms with Gasteiger partial charge in [0.25, 0.3) is 0 Å². The molecule has 3 heteroatoms. The van der Waals surface area contributed by atoms with Gasteiger partial charge in [-0.05, 0) is 48.1 Å². The van der Waals surface area contributed by atoms with E-state index in [2.05, 4.69) is 49.0 Å². The van der Waals surface area contributed by atoms with Crippen molar-refractivity contribution in [3.8, 4) is 5.75 Å². The van der Waals surface area contributed by atoms with E-state index in [1.54, 1.807) is 12.1 Å². The molecule has 0 spiro atoms. The summed E-state index contributed by atoms with van der Waals surface area (Å²) in [5.74, 6) is 0.317. The standard InChI is InChI=1S/C22H29NOS/c1-4-6-7-18(3)25-23(17-21-12-14-22(24)15-13-21)16-20-10-8-19(5-2)9-11-20/h4,8-15,18,24H,1,5-7,16-17H2,2-3H3. The lowest BCUT2D eigenvalue weighted by atomic mass is 10.1. The quantitative estimate of drug-likeness (QED) is 0.420. The maximum absolute atomic E-state index is 9.49. The minimum atomic E-state index is 0.317. The van der Waals surface area contributed by atoms with Gasteiger partial charge in [0.1, 0.15) is 5.75 Å². The van der Waals surface area contributed by atoms with E-state index in [9.17, 15) is 5.11 Å². The average molecular weight is 356 g/mol. The predicted molar refractivity (Wildman–Crippen MR) is 110 cm³/mol. The Kier molecular flexibility index (Phi) is 8.10. The van der Waals surface area contributed by atoms with Crippen molar-refractivity contribution in [2.45, 2.75) is 51.4 Å². The fraction of sp³-hybridized carbons (Fsp3) is 0.364. The van der Waals surface area contributed by atoms with Crippen molar-refractivity contribution in [2.24, 2.45) is 0 Å². The molecule has 0 aliphatic heterocycles. The average Bonchev–Trinajstić information content (AvgIpc) is 2.62. The third-order valence-electron chi connectivity index (χ3n) is 4.19. The molecule has 0 amide bonds. The minimum absolute atomic E-state index is 0.317. The summed E-state index contributed by atoms with van der Waals surface area (Å²) in [7, 11) is 0. The molecule has 1 unspecified atom stereocenters. The van der Waals surface area contributed by atoms with Crippen molar-refractivity contribution in [1.29, 1.82) is 0 Å². The van der Waals surface area contributed by atoms with E-state index < -0.39 is 0 Å². The zero-order chi connectivity index (χ0) is 18.1. The van der Waals surface area contributed by atoms with Crippen molar-refractivity contribution in [3.63, 3.8) is 0 Å². The molecule has 2 rings (SSSR count). The Bertz CT molecular complexity index is 636. The molecule has 2 nitrogen and oxygen atoms in total. The fourth-order valence-corrected chi connectivity index (χ4v) is 3.88. The van der Waals surface area contributed by atoms with Crippen LogP contribution in [0.15, 0.2) is 61.2 Å². The van der Waals surface area contributed by atoms with Crippen molar-refractivity contribution < 1.29 is 5.11 Å². The molecular weight excluding hydrogens is 326 g/mol. The first-order valence-corrected chi connectivity index (χ1v) is 9.82. The molecule has 0 saturated heterocycles. The molecule has 0 bridgehead atoms. The summed E-state index contributed by atoms with van der Waals surface area (Å²) >= 11 is 1.91. The Labute approximate surface area is 156 Å². The van der Waals surface area contributed by atoms with Crippen LogP contribution in [0.4, 0.5) is 0 Å². The van der Waals surface area contributed by atoms with Gasteiger partial charge >= 0.3 is 0 Å². The summed E-state index contributed by atoms with van der Waals surface area (Å²) in [6.45, 7) is 10.1. The van der Waals surface area contributed by atoms with Crippen LogP contribution in [0, 0.1) is 0 Å². The van der Waals surface area contributed by atoms with Gasteiger partial charge in [-0.2, -0.15) is 0 Å². The van der Waals surface area contributed by atoms with Gasteiger partial charge in [-0.15, -0.1) is 6.58 Å².